The van der Waals surface area contributed by atoms with Crippen LogP contribution in [0.4, 0.5) is 5.13 Å². The van der Waals surface area contributed by atoms with Crippen LogP contribution in [-0.2, 0) is 25.5 Å². The van der Waals surface area contributed by atoms with Gasteiger partial charge in [0, 0.05) is 38.7 Å². The van der Waals surface area contributed by atoms with Crippen LogP contribution in [0.5, 0.6) is 0 Å². The Bertz CT molecular complexity index is 913. The van der Waals surface area contributed by atoms with Crippen LogP contribution in [0.1, 0.15) is 22.7 Å². The molecule has 1 aliphatic rings. The number of thiazole rings is 1. The quantitative estimate of drug-likeness (QED) is 0.393. The number of methoxy groups -OCH3 is 1. The maximum Gasteiger partial charge on any atom is 0.290 e. The minimum Gasteiger partial charge on any atom is -0.459 e. The van der Waals surface area contributed by atoms with Crippen molar-refractivity contribution in [3.05, 3.63) is 35.2 Å². The third kappa shape index (κ3) is 8.52. The Morgan fingerprint density at radius 1 is 1.26 bits per heavy atom. The number of nitrogens with one attached hydrogen (secondary N) is 2. The summed E-state index contributed by atoms with van der Waals surface area (Å²) in [5.41, 5.74) is 0.578. The fourth-order valence-corrected chi connectivity index (χ4v) is 4.10. The molecule has 3 heterocycles. The maximum absolute atomic E-state index is 12.6. The van der Waals surface area contributed by atoms with Gasteiger partial charge in [-0.2, -0.15) is 0 Å². The van der Waals surface area contributed by atoms with Crippen molar-refractivity contribution in [3.63, 3.8) is 0 Å². The van der Waals surface area contributed by atoms with E-state index < -0.39 is 11.8 Å². The van der Waals surface area contributed by atoms with Gasteiger partial charge in [0.2, 0.25) is 11.8 Å². The van der Waals surface area contributed by atoms with Crippen LogP contribution in [0.2, 0.25) is 0 Å². The number of hydrogen-bond donors (Lipinski definition) is 2. The molecule has 3 rings (SSSR count). The van der Waals surface area contributed by atoms with Gasteiger partial charge in [-0.25, -0.2) is 4.98 Å². The van der Waals surface area contributed by atoms with Crippen LogP contribution in [0.25, 0.3) is 0 Å². The van der Waals surface area contributed by atoms with E-state index in [1.54, 1.807) is 17.5 Å². The van der Waals surface area contributed by atoms with Gasteiger partial charge in [0.1, 0.15) is 6.54 Å². The number of furan rings is 1. The van der Waals surface area contributed by atoms with Gasteiger partial charge in [-0.05, 0) is 25.1 Å². The first-order valence-corrected chi connectivity index (χ1v) is 12.1. The highest BCUT2D eigenvalue weighted by Gasteiger charge is 2.21. The van der Waals surface area contributed by atoms with E-state index >= 15 is 0 Å². The van der Waals surface area contributed by atoms with Gasteiger partial charge < -0.3 is 29.4 Å². The van der Waals surface area contributed by atoms with Crippen LogP contribution in [0, 0.1) is 0 Å². The Morgan fingerprint density at radius 2 is 2.09 bits per heavy atom. The first-order chi connectivity index (χ1) is 16.5. The number of morpholine rings is 1. The lowest BCUT2D eigenvalue weighted by molar-refractivity contribution is -0.120. The van der Waals surface area contributed by atoms with Crippen LogP contribution < -0.4 is 10.6 Å². The van der Waals surface area contributed by atoms with Crippen molar-refractivity contribution < 1.29 is 28.3 Å². The van der Waals surface area contributed by atoms with Crippen molar-refractivity contribution >= 4 is 34.2 Å². The van der Waals surface area contributed by atoms with Crippen LogP contribution >= 0.6 is 11.3 Å². The number of aromatic nitrogens is 1. The van der Waals surface area contributed by atoms with Gasteiger partial charge in [-0.1, -0.05) is 0 Å². The standard InChI is InChI=1S/C22H31N5O6S/c1-31-11-9-27(21(30)18-4-2-10-33-18)15-20(29)25-22-24-17(16-34-22)14-19(28)23-5-3-6-26-7-12-32-13-8-26/h2,4,10,16H,3,5-9,11-15H2,1H3,(H,23,28)(H,24,25,29). The summed E-state index contributed by atoms with van der Waals surface area (Å²) in [7, 11) is 1.52. The Morgan fingerprint density at radius 3 is 2.82 bits per heavy atom. The van der Waals surface area contributed by atoms with Crippen molar-refractivity contribution in [2.45, 2.75) is 12.8 Å². The van der Waals surface area contributed by atoms with E-state index in [-0.39, 0.29) is 37.8 Å². The smallest absolute Gasteiger partial charge is 0.290 e. The molecular weight excluding hydrogens is 462 g/mol. The second-order valence-corrected chi connectivity index (χ2v) is 8.58. The van der Waals surface area contributed by atoms with Crippen molar-refractivity contribution in [2.75, 3.05) is 71.5 Å². The third-order valence-corrected chi connectivity index (χ3v) is 5.94. The van der Waals surface area contributed by atoms with E-state index in [0.29, 0.717) is 17.4 Å². The van der Waals surface area contributed by atoms with E-state index in [1.807, 2.05) is 0 Å². The molecule has 0 aliphatic carbocycles. The number of anilines is 1. The Labute approximate surface area is 202 Å². The molecule has 2 aromatic heterocycles. The fraction of sp³-hybridized carbons (Fsp3) is 0.545. The van der Waals surface area contributed by atoms with Gasteiger partial charge in [-0.15, -0.1) is 11.3 Å². The second-order valence-electron chi connectivity index (χ2n) is 7.72. The Kier molecular flexibility index (Phi) is 10.5. The highest BCUT2D eigenvalue weighted by molar-refractivity contribution is 7.13. The summed E-state index contributed by atoms with van der Waals surface area (Å²) in [4.78, 5) is 45.2. The van der Waals surface area contributed by atoms with Gasteiger partial charge in [-0.3, -0.25) is 19.3 Å². The second kappa shape index (κ2) is 13.8. The summed E-state index contributed by atoms with van der Waals surface area (Å²) in [6.07, 6.45) is 2.42. The molecule has 0 atom stereocenters. The molecule has 2 aromatic rings. The highest BCUT2D eigenvalue weighted by Crippen LogP contribution is 2.16. The molecule has 1 aliphatic heterocycles. The van der Waals surface area contributed by atoms with Crippen molar-refractivity contribution in [3.8, 4) is 0 Å². The largest absolute Gasteiger partial charge is 0.459 e. The minimum absolute atomic E-state index is 0.111. The number of rotatable bonds is 13. The van der Waals surface area contributed by atoms with Gasteiger partial charge >= 0.3 is 0 Å². The van der Waals surface area contributed by atoms with Crippen LogP contribution in [-0.4, -0.2) is 98.7 Å². The summed E-state index contributed by atoms with van der Waals surface area (Å²) in [6.45, 7) is 5.26. The van der Waals surface area contributed by atoms with E-state index in [9.17, 15) is 14.4 Å². The first-order valence-electron chi connectivity index (χ1n) is 11.2. The zero-order valence-corrected chi connectivity index (χ0v) is 20.1. The van der Waals surface area contributed by atoms with E-state index in [4.69, 9.17) is 13.9 Å². The van der Waals surface area contributed by atoms with Crippen molar-refractivity contribution in [2.24, 2.45) is 0 Å². The lowest BCUT2D eigenvalue weighted by Gasteiger charge is -2.26. The zero-order valence-electron chi connectivity index (χ0n) is 19.3. The van der Waals surface area contributed by atoms with Gasteiger partial charge in [0.25, 0.3) is 5.91 Å². The number of hydrogen-bond acceptors (Lipinski definition) is 9. The average Bonchev–Trinajstić information content (AvgIpc) is 3.52. The topological polar surface area (TPSA) is 126 Å². The van der Waals surface area contributed by atoms with Crippen molar-refractivity contribution in [1.82, 2.24) is 20.1 Å². The summed E-state index contributed by atoms with van der Waals surface area (Å²) < 4.78 is 15.5. The van der Waals surface area contributed by atoms with E-state index in [1.165, 1.54) is 29.6 Å². The molecule has 0 unspecified atom stereocenters. The number of carbonyl (C=O) groups is 3. The molecule has 3 amide bonds. The normalized spacial score (nSPS) is 14.0. The van der Waals surface area contributed by atoms with Crippen LogP contribution in [0.3, 0.4) is 0 Å². The first kappa shape index (κ1) is 25.8. The molecule has 2 N–H and O–H groups in total. The Hall–Kier alpha value is -2.80. The molecule has 0 bridgehead atoms. The van der Waals surface area contributed by atoms with Crippen molar-refractivity contribution in [1.29, 1.82) is 0 Å². The molecule has 1 saturated heterocycles. The summed E-state index contributed by atoms with van der Waals surface area (Å²) in [6, 6.07) is 3.15. The molecule has 12 heteroatoms. The van der Waals surface area contributed by atoms with Crippen LogP contribution in [0.15, 0.2) is 28.2 Å². The lowest BCUT2D eigenvalue weighted by Crippen LogP contribution is -2.39. The molecule has 0 radical (unpaired) electrons. The number of nitrogens with zero attached hydrogens (tertiary/aromatic N) is 3. The van der Waals surface area contributed by atoms with E-state index in [2.05, 4.69) is 20.5 Å². The highest BCUT2D eigenvalue weighted by atomic mass is 32.1. The molecule has 34 heavy (non-hydrogen) atoms. The molecule has 0 spiro atoms. The minimum atomic E-state index is -0.401. The number of carbonyl (C=O) groups excluding carboxylic acids is 3. The SMILES string of the molecule is COCCN(CC(=O)Nc1nc(CC(=O)NCCCN2CCOCC2)cs1)C(=O)c1ccco1. The predicted octanol–water partition coefficient (Wildman–Crippen LogP) is 0.844. The maximum atomic E-state index is 12.6. The molecular formula is C22H31N5O6S. The summed E-state index contributed by atoms with van der Waals surface area (Å²) >= 11 is 1.23. The monoisotopic (exact) mass is 493 g/mol. The Balaban J connectivity index is 1.40. The fourth-order valence-electron chi connectivity index (χ4n) is 3.37. The zero-order chi connectivity index (χ0) is 24.2. The molecule has 0 saturated carbocycles. The summed E-state index contributed by atoms with van der Waals surface area (Å²) in [5.74, 6) is -0.761. The molecule has 0 aromatic carbocycles. The third-order valence-electron chi connectivity index (χ3n) is 5.14. The summed E-state index contributed by atoms with van der Waals surface area (Å²) in [5, 5.41) is 7.70. The van der Waals surface area contributed by atoms with E-state index in [0.717, 1.165) is 39.3 Å². The van der Waals surface area contributed by atoms with Gasteiger partial charge in [0.15, 0.2) is 10.9 Å². The predicted molar refractivity (Wildman–Crippen MR) is 126 cm³/mol. The average molecular weight is 494 g/mol. The lowest BCUT2D eigenvalue weighted by atomic mass is 10.3. The molecule has 1 fully saturated rings. The number of amides is 3. The molecule has 186 valence electrons. The number of ether oxygens (including phenoxy) is 2. The van der Waals surface area contributed by atoms with Gasteiger partial charge in [0.05, 0.1) is 38.2 Å². The molecule has 11 nitrogen and oxygen atoms in total.